The van der Waals surface area contributed by atoms with E-state index in [0.29, 0.717) is 24.4 Å². The van der Waals surface area contributed by atoms with Crippen molar-refractivity contribution >= 4 is 5.91 Å². The topological polar surface area (TPSA) is 75.3 Å². The van der Waals surface area contributed by atoms with Gasteiger partial charge in [0.2, 0.25) is 0 Å². The van der Waals surface area contributed by atoms with Crippen molar-refractivity contribution in [2.24, 2.45) is 0 Å². The predicted octanol–water partition coefficient (Wildman–Crippen LogP) is 1.35. The lowest BCUT2D eigenvalue weighted by Crippen LogP contribution is -2.42. The molecule has 0 spiro atoms. The largest absolute Gasteiger partial charge is 0.367 e. The van der Waals surface area contributed by atoms with Crippen molar-refractivity contribution in [2.75, 3.05) is 13.7 Å². The molecule has 2 heterocycles. The number of aromatic amines is 1. The summed E-state index contributed by atoms with van der Waals surface area (Å²) in [5.41, 5.74) is 1.99. The van der Waals surface area contributed by atoms with Gasteiger partial charge >= 0.3 is 0 Å². The zero-order valence-corrected chi connectivity index (χ0v) is 13.2. The van der Waals surface area contributed by atoms with Crippen LogP contribution in [0.2, 0.25) is 0 Å². The number of methoxy groups -OCH3 is 1. The van der Waals surface area contributed by atoms with Crippen molar-refractivity contribution in [1.29, 1.82) is 0 Å². The molecular weight excluding hydrogens is 294 g/mol. The quantitative estimate of drug-likeness (QED) is 0.928. The van der Waals surface area contributed by atoms with Crippen molar-refractivity contribution in [3.8, 4) is 0 Å². The van der Waals surface area contributed by atoms with Crippen LogP contribution in [-0.4, -0.2) is 34.4 Å². The van der Waals surface area contributed by atoms with Crippen LogP contribution in [0.1, 0.15) is 28.7 Å². The Morgan fingerprint density at radius 1 is 1.35 bits per heavy atom. The lowest BCUT2D eigenvalue weighted by molar-refractivity contribution is -0.143. The molecule has 0 saturated carbocycles. The van der Waals surface area contributed by atoms with E-state index >= 15 is 0 Å². The lowest BCUT2D eigenvalue weighted by Gasteiger charge is -2.30. The van der Waals surface area contributed by atoms with Gasteiger partial charge in [-0.25, -0.2) is 4.98 Å². The number of benzene rings is 1. The van der Waals surface area contributed by atoms with E-state index in [0.717, 1.165) is 11.3 Å². The fourth-order valence-electron chi connectivity index (χ4n) is 2.91. The van der Waals surface area contributed by atoms with Gasteiger partial charge in [0.15, 0.2) is 6.10 Å². The number of nitrogens with one attached hydrogen (secondary N) is 1. The highest BCUT2D eigenvalue weighted by Gasteiger charge is 2.30. The second-order valence-corrected chi connectivity index (χ2v) is 5.61. The Morgan fingerprint density at radius 2 is 2.09 bits per heavy atom. The molecule has 3 rings (SSSR count). The second-order valence-electron chi connectivity index (χ2n) is 5.61. The van der Waals surface area contributed by atoms with Crippen molar-refractivity contribution in [3.05, 3.63) is 63.3 Å². The molecule has 0 fully saturated rings. The number of aromatic nitrogens is 2. The first-order chi connectivity index (χ1) is 11.1. The summed E-state index contributed by atoms with van der Waals surface area (Å²) in [6, 6.07) is 9.36. The van der Waals surface area contributed by atoms with Gasteiger partial charge in [-0.15, -0.1) is 0 Å². The van der Waals surface area contributed by atoms with Crippen LogP contribution in [0.4, 0.5) is 0 Å². The van der Waals surface area contributed by atoms with Crippen LogP contribution in [0.3, 0.4) is 0 Å². The minimum absolute atomic E-state index is 0.135. The third-order valence-electron chi connectivity index (χ3n) is 4.06. The summed E-state index contributed by atoms with van der Waals surface area (Å²) in [5, 5.41) is 0. The molecule has 0 bridgehead atoms. The molecule has 1 amide bonds. The second kappa shape index (κ2) is 6.34. The molecule has 1 aliphatic rings. The Kier molecular flexibility index (Phi) is 4.25. The highest BCUT2D eigenvalue weighted by Crippen LogP contribution is 2.22. The standard InChI is InChI=1S/C17H19N3O3/c1-11-18-14-8-9-20(10-13(14)16(21)19-11)17(22)15(23-2)12-6-4-3-5-7-12/h3-7,15H,8-10H2,1-2H3,(H,18,19,21)/t15-/m0/s1. The number of carbonyl (C=O) groups is 1. The zero-order valence-electron chi connectivity index (χ0n) is 13.2. The normalized spacial score (nSPS) is 15.1. The number of aryl methyl sites for hydroxylation is 1. The molecule has 0 radical (unpaired) electrons. The number of ether oxygens (including phenoxy) is 1. The Morgan fingerprint density at radius 3 is 2.78 bits per heavy atom. The molecule has 6 nitrogen and oxygen atoms in total. The molecule has 1 N–H and O–H groups in total. The number of rotatable bonds is 3. The monoisotopic (exact) mass is 313 g/mol. The van der Waals surface area contributed by atoms with Crippen molar-refractivity contribution in [3.63, 3.8) is 0 Å². The summed E-state index contributed by atoms with van der Waals surface area (Å²) in [4.78, 5) is 33.6. The first-order valence-corrected chi connectivity index (χ1v) is 7.55. The van der Waals surface area contributed by atoms with E-state index in [1.807, 2.05) is 30.3 Å². The summed E-state index contributed by atoms with van der Waals surface area (Å²) in [6.07, 6.45) is -0.0768. The highest BCUT2D eigenvalue weighted by molar-refractivity contribution is 5.82. The third-order valence-corrected chi connectivity index (χ3v) is 4.06. The fourth-order valence-corrected chi connectivity index (χ4v) is 2.91. The zero-order chi connectivity index (χ0) is 16.4. The molecule has 6 heteroatoms. The van der Waals surface area contributed by atoms with E-state index in [1.54, 1.807) is 11.8 Å². The van der Waals surface area contributed by atoms with Gasteiger partial charge in [0.1, 0.15) is 5.82 Å². The maximum atomic E-state index is 12.8. The van der Waals surface area contributed by atoms with Crippen LogP contribution in [-0.2, 0) is 22.5 Å². The van der Waals surface area contributed by atoms with E-state index < -0.39 is 6.10 Å². The third kappa shape index (κ3) is 3.03. The molecule has 1 aromatic heterocycles. The van der Waals surface area contributed by atoms with Gasteiger partial charge in [0.05, 0.1) is 17.8 Å². The van der Waals surface area contributed by atoms with Crippen molar-refractivity contribution in [2.45, 2.75) is 26.0 Å². The Labute approximate surface area is 134 Å². The SMILES string of the molecule is CO[C@H](C(=O)N1CCc2nc(C)[nH]c(=O)c2C1)c1ccccc1. The van der Waals surface area contributed by atoms with Crippen LogP contribution in [0.25, 0.3) is 0 Å². The van der Waals surface area contributed by atoms with E-state index in [-0.39, 0.29) is 18.0 Å². The summed E-state index contributed by atoms with van der Waals surface area (Å²) >= 11 is 0. The fraction of sp³-hybridized carbons (Fsp3) is 0.353. The van der Waals surface area contributed by atoms with E-state index in [4.69, 9.17) is 4.74 Å². The van der Waals surface area contributed by atoms with Crippen LogP contribution >= 0.6 is 0 Å². The lowest BCUT2D eigenvalue weighted by atomic mass is 10.0. The first-order valence-electron chi connectivity index (χ1n) is 7.55. The number of hydrogen-bond donors (Lipinski definition) is 1. The van der Waals surface area contributed by atoms with E-state index in [2.05, 4.69) is 9.97 Å². The van der Waals surface area contributed by atoms with Gasteiger partial charge in [0, 0.05) is 20.1 Å². The molecule has 0 unspecified atom stereocenters. The number of hydrogen-bond acceptors (Lipinski definition) is 4. The summed E-state index contributed by atoms with van der Waals surface area (Å²) in [6.45, 7) is 2.56. The number of fused-ring (bicyclic) bond motifs is 1. The average molecular weight is 313 g/mol. The van der Waals surface area contributed by atoms with Crippen LogP contribution in [0, 0.1) is 6.92 Å². The van der Waals surface area contributed by atoms with E-state index in [1.165, 1.54) is 7.11 Å². The molecule has 1 atom stereocenters. The van der Waals surface area contributed by atoms with Gasteiger partial charge in [-0.2, -0.15) is 0 Å². The van der Waals surface area contributed by atoms with Crippen LogP contribution in [0.5, 0.6) is 0 Å². The van der Waals surface area contributed by atoms with Gasteiger partial charge in [-0.1, -0.05) is 30.3 Å². The predicted molar refractivity (Wildman–Crippen MR) is 84.9 cm³/mol. The summed E-state index contributed by atoms with van der Waals surface area (Å²) in [7, 11) is 1.52. The minimum Gasteiger partial charge on any atom is -0.367 e. The van der Waals surface area contributed by atoms with Crippen LogP contribution in [0.15, 0.2) is 35.1 Å². The summed E-state index contributed by atoms with van der Waals surface area (Å²) in [5.74, 6) is 0.469. The maximum absolute atomic E-state index is 12.8. The Hall–Kier alpha value is -2.47. The van der Waals surface area contributed by atoms with Crippen LogP contribution < -0.4 is 5.56 Å². The van der Waals surface area contributed by atoms with E-state index in [9.17, 15) is 9.59 Å². The smallest absolute Gasteiger partial charge is 0.256 e. The van der Waals surface area contributed by atoms with Crippen molar-refractivity contribution < 1.29 is 9.53 Å². The molecule has 23 heavy (non-hydrogen) atoms. The number of nitrogens with zero attached hydrogens (tertiary/aromatic N) is 2. The van der Waals surface area contributed by atoms with Gasteiger partial charge in [-0.3, -0.25) is 9.59 Å². The molecule has 120 valence electrons. The van der Waals surface area contributed by atoms with Gasteiger partial charge < -0.3 is 14.6 Å². The molecule has 1 aromatic carbocycles. The molecule has 0 saturated heterocycles. The number of carbonyl (C=O) groups excluding carboxylic acids is 1. The number of amides is 1. The van der Waals surface area contributed by atoms with Crippen molar-refractivity contribution in [1.82, 2.24) is 14.9 Å². The Balaban J connectivity index is 1.85. The molecule has 0 aliphatic carbocycles. The Bertz CT molecular complexity index is 770. The average Bonchev–Trinajstić information content (AvgIpc) is 2.56. The molecule has 2 aromatic rings. The molecule has 1 aliphatic heterocycles. The highest BCUT2D eigenvalue weighted by atomic mass is 16.5. The molecular formula is C17H19N3O3. The minimum atomic E-state index is -0.657. The maximum Gasteiger partial charge on any atom is 0.256 e. The first kappa shape index (κ1) is 15.4. The van der Waals surface area contributed by atoms with Gasteiger partial charge in [-0.05, 0) is 12.5 Å². The number of H-pyrrole nitrogens is 1. The summed E-state index contributed by atoms with van der Waals surface area (Å²) < 4.78 is 5.40. The van der Waals surface area contributed by atoms with Gasteiger partial charge in [0.25, 0.3) is 11.5 Å².